The zero-order valence-corrected chi connectivity index (χ0v) is 8.65. The first kappa shape index (κ1) is 9.66. The number of carboxylic acid groups (broad SMARTS) is 1. The molecule has 0 aromatic carbocycles. The van der Waals surface area contributed by atoms with E-state index in [9.17, 15) is 4.79 Å². The Morgan fingerprint density at radius 1 is 1.67 bits per heavy atom. The fraction of sp³-hybridized carbons (Fsp3) is 0.125. The molecule has 0 atom stereocenters. The summed E-state index contributed by atoms with van der Waals surface area (Å²) in [5.41, 5.74) is 8.48. The third-order valence-corrected chi connectivity index (χ3v) is 2.55. The number of nitrogens with zero attached hydrogens (tertiary/aromatic N) is 3. The topological polar surface area (TPSA) is 94.0 Å². The van der Waals surface area contributed by atoms with Crippen molar-refractivity contribution in [1.29, 1.82) is 0 Å². The minimum atomic E-state index is -1.09. The first-order valence-electron chi connectivity index (χ1n) is 4.05. The molecule has 3 N–H and O–H groups in total. The lowest BCUT2D eigenvalue weighted by atomic mass is 10.2. The second-order valence-electron chi connectivity index (χ2n) is 2.91. The van der Waals surface area contributed by atoms with E-state index in [4.69, 9.17) is 10.8 Å². The Morgan fingerprint density at radius 3 is 2.87 bits per heavy atom. The molecule has 0 saturated heterocycles. The zero-order chi connectivity index (χ0) is 11.0. The van der Waals surface area contributed by atoms with Crippen LogP contribution in [0, 0.1) is 0 Å². The Labute approximate surface area is 89.0 Å². The van der Waals surface area contributed by atoms with Crippen molar-refractivity contribution in [1.82, 2.24) is 14.8 Å². The molecule has 78 valence electrons. The zero-order valence-electron chi connectivity index (χ0n) is 7.84. The van der Waals surface area contributed by atoms with Gasteiger partial charge in [0.2, 0.25) is 0 Å². The summed E-state index contributed by atoms with van der Waals surface area (Å²) in [6.07, 6.45) is 0. The second-order valence-corrected chi connectivity index (χ2v) is 3.63. The van der Waals surface area contributed by atoms with Crippen molar-refractivity contribution in [3.05, 3.63) is 16.6 Å². The molecule has 0 aliphatic heterocycles. The number of carbonyl (C=O) groups is 1. The largest absolute Gasteiger partial charge is 0.476 e. The molecule has 0 aliphatic carbocycles. The van der Waals surface area contributed by atoms with Gasteiger partial charge in [0, 0.05) is 12.4 Å². The number of anilines is 1. The Kier molecular flexibility index (Phi) is 2.16. The quantitative estimate of drug-likeness (QED) is 0.787. The fourth-order valence-corrected chi connectivity index (χ4v) is 1.85. The predicted octanol–water partition coefficient (Wildman–Crippen LogP) is 0.824. The highest BCUT2D eigenvalue weighted by molar-refractivity contribution is 7.07. The van der Waals surface area contributed by atoms with Crippen molar-refractivity contribution in [3.63, 3.8) is 0 Å². The molecular weight excluding hydrogens is 216 g/mol. The third kappa shape index (κ3) is 1.46. The van der Waals surface area contributed by atoms with Crippen LogP contribution in [0.2, 0.25) is 0 Å². The average molecular weight is 224 g/mol. The summed E-state index contributed by atoms with van der Waals surface area (Å²) in [7, 11) is 1.54. The standard InChI is InChI=1S/C8H8N4O2S/c1-12-7(8(13)14)5(9)6(11-12)4-2-15-3-10-4/h2-3H,9H2,1H3,(H,13,14). The predicted molar refractivity (Wildman–Crippen MR) is 55.7 cm³/mol. The summed E-state index contributed by atoms with van der Waals surface area (Å²) < 4.78 is 1.24. The van der Waals surface area contributed by atoms with Gasteiger partial charge in [-0.3, -0.25) is 4.68 Å². The van der Waals surface area contributed by atoms with E-state index < -0.39 is 5.97 Å². The molecule has 2 rings (SSSR count). The molecule has 0 radical (unpaired) electrons. The third-order valence-electron chi connectivity index (χ3n) is 1.96. The molecule has 0 aliphatic rings. The number of carboxylic acids is 1. The van der Waals surface area contributed by atoms with Crippen molar-refractivity contribution in [3.8, 4) is 11.4 Å². The highest BCUT2D eigenvalue weighted by Crippen LogP contribution is 2.26. The van der Waals surface area contributed by atoms with E-state index >= 15 is 0 Å². The first-order valence-corrected chi connectivity index (χ1v) is 5.00. The van der Waals surface area contributed by atoms with Crippen LogP contribution in [0.3, 0.4) is 0 Å². The van der Waals surface area contributed by atoms with Crippen LogP contribution in [0.15, 0.2) is 10.9 Å². The molecule has 0 saturated carbocycles. The molecule has 2 aromatic rings. The Bertz CT molecular complexity index is 503. The van der Waals surface area contributed by atoms with E-state index in [0.29, 0.717) is 11.4 Å². The summed E-state index contributed by atoms with van der Waals surface area (Å²) in [5, 5.41) is 14.7. The van der Waals surface area contributed by atoms with Gasteiger partial charge < -0.3 is 10.8 Å². The number of rotatable bonds is 2. The number of hydrogen-bond acceptors (Lipinski definition) is 5. The minimum absolute atomic E-state index is 0.0157. The Morgan fingerprint density at radius 2 is 2.40 bits per heavy atom. The molecule has 6 nitrogen and oxygen atoms in total. The second kappa shape index (κ2) is 3.35. The van der Waals surface area contributed by atoms with Crippen LogP contribution in [0.4, 0.5) is 5.69 Å². The SMILES string of the molecule is Cn1nc(-c2cscn2)c(N)c1C(=O)O. The van der Waals surface area contributed by atoms with Crippen molar-refractivity contribution in [2.45, 2.75) is 0 Å². The van der Waals surface area contributed by atoms with Crippen molar-refractivity contribution in [2.75, 3.05) is 5.73 Å². The van der Waals surface area contributed by atoms with Gasteiger partial charge in [-0.2, -0.15) is 5.10 Å². The average Bonchev–Trinajstić information content (AvgIpc) is 2.72. The Hall–Kier alpha value is -1.89. The summed E-state index contributed by atoms with van der Waals surface area (Å²) in [6.45, 7) is 0. The smallest absolute Gasteiger partial charge is 0.356 e. The van der Waals surface area contributed by atoms with Crippen LogP contribution in [-0.4, -0.2) is 25.8 Å². The highest BCUT2D eigenvalue weighted by atomic mass is 32.1. The molecule has 0 amide bonds. The summed E-state index contributed by atoms with van der Waals surface area (Å²) in [4.78, 5) is 14.9. The lowest BCUT2D eigenvalue weighted by Crippen LogP contribution is -2.07. The van der Waals surface area contributed by atoms with Crippen molar-refractivity contribution >= 4 is 23.0 Å². The number of hydrogen-bond donors (Lipinski definition) is 2. The molecule has 2 aromatic heterocycles. The van der Waals surface area contributed by atoms with Crippen LogP contribution in [0.5, 0.6) is 0 Å². The van der Waals surface area contributed by atoms with Gasteiger partial charge in [-0.05, 0) is 0 Å². The highest BCUT2D eigenvalue weighted by Gasteiger charge is 2.20. The van der Waals surface area contributed by atoms with Crippen LogP contribution < -0.4 is 5.73 Å². The van der Waals surface area contributed by atoms with Gasteiger partial charge >= 0.3 is 5.97 Å². The molecule has 0 spiro atoms. The summed E-state index contributed by atoms with van der Waals surface area (Å²) >= 11 is 1.40. The number of nitrogens with two attached hydrogens (primary N) is 1. The maximum Gasteiger partial charge on any atom is 0.356 e. The van der Waals surface area contributed by atoms with Crippen molar-refractivity contribution in [2.24, 2.45) is 7.05 Å². The minimum Gasteiger partial charge on any atom is -0.476 e. The van der Waals surface area contributed by atoms with Gasteiger partial charge in [-0.15, -0.1) is 11.3 Å². The number of aryl methyl sites for hydroxylation is 1. The molecule has 0 unspecified atom stereocenters. The molecular formula is C8H8N4O2S. The molecule has 0 bridgehead atoms. The maximum atomic E-state index is 10.9. The Balaban J connectivity index is 2.61. The van der Waals surface area contributed by atoms with E-state index in [0.717, 1.165) is 0 Å². The molecule has 7 heteroatoms. The number of thiazole rings is 1. The van der Waals surface area contributed by atoms with E-state index in [1.54, 1.807) is 10.9 Å². The van der Waals surface area contributed by atoms with Crippen LogP contribution in [-0.2, 0) is 7.05 Å². The summed E-state index contributed by atoms with van der Waals surface area (Å²) in [6, 6.07) is 0. The van der Waals surface area contributed by atoms with Gasteiger partial charge in [-0.25, -0.2) is 9.78 Å². The molecule has 2 heterocycles. The maximum absolute atomic E-state index is 10.9. The molecule has 15 heavy (non-hydrogen) atoms. The van der Waals surface area contributed by atoms with E-state index in [1.165, 1.54) is 23.1 Å². The van der Waals surface area contributed by atoms with Gasteiger partial charge in [0.1, 0.15) is 11.4 Å². The fourth-order valence-electron chi connectivity index (χ4n) is 1.31. The number of nitrogen functional groups attached to an aromatic ring is 1. The van der Waals surface area contributed by atoms with Gasteiger partial charge in [0.15, 0.2) is 5.69 Å². The van der Waals surface area contributed by atoms with Gasteiger partial charge in [0.25, 0.3) is 0 Å². The normalized spacial score (nSPS) is 10.5. The van der Waals surface area contributed by atoms with E-state index in [2.05, 4.69) is 10.1 Å². The van der Waals surface area contributed by atoms with Gasteiger partial charge in [0.05, 0.1) is 11.2 Å². The number of aromatic nitrogens is 3. The van der Waals surface area contributed by atoms with Crippen LogP contribution >= 0.6 is 11.3 Å². The van der Waals surface area contributed by atoms with E-state index in [-0.39, 0.29) is 11.4 Å². The summed E-state index contributed by atoms with van der Waals surface area (Å²) in [5.74, 6) is -1.09. The first-order chi connectivity index (χ1) is 7.11. The number of aromatic carboxylic acids is 1. The van der Waals surface area contributed by atoms with E-state index in [1.807, 2.05) is 0 Å². The van der Waals surface area contributed by atoms with Crippen molar-refractivity contribution < 1.29 is 9.90 Å². The van der Waals surface area contributed by atoms with Gasteiger partial charge in [-0.1, -0.05) is 0 Å². The lowest BCUT2D eigenvalue weighted by molar-refractivity contribution is 0.0686. The van der Waals surface area contributed by atoms with Crippen LogP contribution in [0.25, 0.3) is 11.4 Å². The monoisotopic (exact) mass is 224 g/mol. The molecule has 0 fully saturated rings. The van der Waals surface area contributed by atoms with Crippen LogP contribution in [0.1, 0.15) is 10.5 Å². The lowest BCUT2D eigenvalue weighted by Gasteiger charge is -1.94.